The molecule has 0 bridgehead atoms. The summed E-state index contributed by atoms with van der Waals surface area (Å²) in [5, 5.41) is 28.0. The van der Waals surface area contributed by atoms with Gasteiger partial charge in [0.2, 0.25) is 0 Å². The monoisotopic (exact) mass is 485 g/mol. The highest BCUT2D eigenvalue weighted by Crippen LogP contribution is 2.33. The Labute approximate surface area is 200 Å². The summed E-state index contributed by atoms with van der Waals surface area (Å²) in [5.74, 6) is -1.39. The van der Waals surface area contributed by atoms with Gasteiger partial charge in [0.05, 0.1) is 6.04 Å². The maximum atomic E-state index is 12.8. The molecule has 3 aromatic rings. The molecule has 3 N–H and O–H groups in total. The first-order chi connectivity index (χ1) is 16.0. The molecule has 0 spiro atoms. The van der Waals surface area contributed by atoms with Gasteiger partial charge in [-0.25, -0.2) is 4.98 Å². The molecule has 4 rings (SSSR count). The highest BCUT2D eigenvalue weighted by Gasteiger charge is 2.39. The largest absolute Gasteiger partial charge is 0.380 e. The van der Waals surface area contributed by atoms with Crippen molar-refractivity contribution >= 4 is 34.5 Å². The SMILES string of the molecule is O=C(NCCc1cc(Cc2ccccc2)cs1)[C@H](O)[C@@H](O)C(=O)N1CCC[C@@H]1c1nccs1. The molecule has 174 valence electrons. The molecule has 1 aromatic carbocycles. The zero-order valence-corrected chi connectivity index (χ0v) is 19.7. The topological polar surface area (TPSA) is 103 Å². The Bertz CT molecular complexity index is 1050. The van der Waals surface area contributed by atoms with Crippen molar-refractivity contribution in [3.8, 4) is 0 Å². The van der Waals surface area contributed by atoms with Crippen molar-refractivity contribution in [2.45, 2.75) is 43.9 Å². The van der Waals surface area contributed by atoms with Crippen LogP contribution in [0.5, 0.6) is 0 Å². The fourth-order valence-electron chi connectivity index (χ4n) is 4.03. The highest BCUT2D eigenvalue weighted by atomic mass is 32.1. The Hall–Kier alpha value is -2.59. The van der Waals surface area contributed by atoms with Gasteiger partial charge in [-0.05, 0) is 48.3 Å². The Morgan fingerprint density at radius 3 is 2.73 bits per heavy atom. The average Bonchev–Trinajstić information content (AvgIpc) is 3.59. The molecule has 3 atom stereocenters. The van der Waals surface area contributed by atoms with Gasteiger partial charge in [-0.15, -0.1) is 22.7 Å². The molecule has 1 aliphatic rings. The number of amides is 2. The van der Waals surface area contributed by atoms with Gasteiger partial charge in [-0.1, -0.05) is 30.3 Å². The molecule has 2 aromatic heterocycles. The lowest BCUT2D eigenvalue weighted by Crippen LogP contribution is -2.50. The van der Waals surface area contributed by atoms with E-state index in [0.29, 0.717) is 19.5 Å². The summed E-state index contributed by atoms with van der Waals surface area (Å²) >= 11 is 3.08. The van der Waals surface area contributed by atoms with Crippen LogP contribution in [-0.2, 0) is 22.4 Å². The Balaban J connectivity index is 1.25. The van der Waals surface area contributed by atoms with Crippen molar-refractivity contribution in [2.75, 3.05) is 13.1 Å². The van der Waals surface area contributed by atoms with E-state index in [1.807, 2.05) is 23.6 Å². The number of likely N-dealkylation sites (tertiary alicyclic amines) is 1. The maximum absolute atomic E-state index is 12.8. The second-order valence-electron chi connectivity index (χ2n) is 8.07. The average molecular weight is 486 g/mol. The van der Waals surface area contributed by atoms with Crippen LogP contribution < -0.4 is 5.32 Å². The van der Waals surface area contributed by atoms with Crippen LogP contribution in [0.15, 0.2) is 53.4 Å². The van der Waals surface area contributed by atoms with Crippen molar-refractivity contribution in [2.24, 2.45) is 0 Å². The van der Waals surface area contributed by atoms with Crippen molar-refractivity contribution < 1.29 is 19.8 Å². The minimum absolute atomic E-state index is 0.216. The van der Waals surface area contributed by atoms with Gasteiger partial charge in [0.1, 0.15) is 5.01 Å². The quantitative estimate of drug-likeness (QED) is 0.432. The molecular weight excluding hydrogens is 458 g/mol. The summed E-state index contributed by atoms with van der Waals surface area (Å²) in [7, 11) is 0. The molecule has 0 unspecified atom stereocenters. The lowest BCUT2D eigenvalue weighted by atomic mass is 10.1. The number of carbonyl (C=O) groups is 2. The van der Waals surface area contributed by atoms with Gasteiger partial charge in [-0.2, -0.15) is 0 Å². The summed E-state index contributed by atoms with van der Waals surface area (Å²) in [6.07, 6.45) is 1.07. The van der Waals surface area contributed by atoms with Gasteiger partial charge in [0.15, 0.2) is 12.2 Å². The lowest BCUT2D eigenvalue weighted by molar-refractivity contribution is -0.153. The minimum atomic E-state index is -1.81. The third-order valence-electron chi connectivity index (χ3n) is 5.72. The zero-order valence-electron chi connectivity index (χ0n) is 18.1. The predicted molar refractivity (Wildman–Crippen MR) is 128 cm³/mol. The van der Waals surface area contributed by atoms with Crippen LogP contribution in [0.1, 0.15) is 39.9 Å². The fraction of sp³-hybridized carbons (Fsp3) is 0.375. The number of aliphatic hydroxyl groups is 2. The van der Waals surface area contributed by atoms with Gasteiger partial charge in [0, 0.05) is 29.5 Å². The van der Waals surface area contributed by atoms with Gasteiger partial charge >= 0.3 is 0 Å². The number of thiazole rings is 1. The second kappa shape index (κ2) is 11.0. The molecule has 0 saturated carbocycles. The van der Waals surface area contributed by atoms with E-state index in [1.165, 1.54) is 27.4 Å². The Morgan fingerprint density at radius 2 is 1.97 bits per heavy atom. The summed E-state index contributed by atoms with van der Waals surface area (Å²) < 4.78 is 0. The third kappa shape index (κ3) is 5.86. The van der Waals surface area contributed by atoms with E-state index in [-0.39, 0.29) is 6.04 Å². The molecule has 2 amide bonds. The molecule has 1 fully saturated rings. The number of nitrogens with one attached hydrogen (secondary N) is 1. The van der Waals surface area contributed by atoms with Crippen molar-refractivity contribution in [3.05, 3.63) is 74.4 Å². The van der Waals surface area contributed by atoms with E-state index >= 15 is 0 Å². The van der Waals surface area contributed by atoms with E-state index in [1.54, 1.807) is 17.5 Å². The minimum Gasteiger partial charge on any atom is -0.380 e. The Morgan fingerprint density at radius 1 is 1.15 bits per heavy atom. The summed E-state index contributed by atoms with van der Waals surface area (Å²) in [5.41, 5.74) is 2.46. The van der Waals surface area contributed by atoms with Gasteiger partial charge < -0.3 is 20.4 Å². The number of aromatic nitrogens is 1. The highest BCUT2D eigenvalue weighted by molar-refractivity contribution is 7.10. The molecule has 1 aliphatic heterocycles. The molecule has 33 heavy (non-hydrogen) atoms. The number of carbonyl (C=O) groups excluding carboxylic acids is 2. The predicted octanol–water partition coefficient (Wildman–Crippen LogP) is 2.54. The number of hydrogen-bond donors (Lipinski definition) is 3. The van der Waals surface area contributed by atoms with Crippen LogP contribution in [-0.4, -0.2) is 57.2 Å². The van der Waals surface area contributed by atoms with Gasteiger partial charge in [-0.3, -0.25) is 9.59 Å². The van der Waals surface area contributed by atoms with Crippen molar-refractivity contribution in [3.63, 3.8) is 0 Å². The smallest absolute Gasteiger partial charge is 0.255 e. The van der Waals surface area contributed by atoms with Crippen LogP contribution in [0, 0.1) is 0 Å². The molecule has 7 nitrogen and oxygen atoms in total. The number of benzene rings is 1. The van der Waals surface area contributed by atoms with E-state index in [2.05, 4.69) is 33.9 Å². The van der Waals surface area contributed by atoms with E-state index < -0.39 is 24.0 Å². The first-order valence-corrected chi connectivity index (χ1v) is 12.7. The van der Waals surface area contributed by atoms with Crippen LogP contribution in [0.3, 0.4) is 0 Å². The Kier molecular flexibility index (Phi) is 7.87. The lowest BCUT2D eigenvalue weighted by Gasteiger charge is -2.27. The van der Waals surface area contributed by atoms with Crippen LogP contribution >= 0.6 is 22.7 Å². The molecule has 0 radical (unpaired) electrons. The first-order valence-electron chi connectivity index (χ1n) is 11.0. The molecule has 1 saturated heterocycles. The second-order valence-corrected chi connectivity index (χ2v) is 10.00. The van der Waals surface area contributed by atoms with Crippen molar-refractivity contribution in [1.29, 1.82) is 0 Å². The summed E-state index contributed by atoms with van der Waals surface area (Å²) in [4.78, 5) is 32.0. The standard InChI is InChI=1S/C24H27N3O4S2/c28-20(21(29)24(31)27-11-4-7-19(27)23-26-10-12-32-23)22(30)25-9-8-18-14-17(15-33-18)13-16-5-2-1-3-6-16/h1-3,5-6,10,12,14-15,19-21,28-29H,4,7-9,11,13H2,(H,25,30)/t19-,20-,21-/m1/s1. The third-order valence-corrected chi connectivity index (χ3v) is 7.64. The maximum Gasteiger partial charge on any atom is 0.255 e. The molecule has 3 heterocycles. The van der Waals surface area contributed by atoms with E-state index in [9.17, 15) is 19.8 Å². The van der Waals surface area contributed by atoms with Crippen LogP contribution in [0.2, 0.25) is 0 Å². The molecule has 9 heteroatoms. The zero-order chi connectivity index (χ0) is 23.2. The van der Waals surface area contributed by atoms with Crippen LogP contribution in [0.25, 0.3) is 0 Å². The van der Waals surface area contributed by atoms with E-state index in [0.717, 1.165) is 29.1 Å². The first kappa shape index (κ1) is 23.6. The molecular formula is C24H27N3O4S2. The summed E-state index contributed by atoms with van der Waals surface area (Å²) in [6.45, 7) is 0.783. The summed E-state index contributed by atoms with van der Waals surface area (Å²) in [6, 6.07) is 12.1. The normalized spacial score (nSPS) is 17.6. The van der Waals surface area contributed by atoms with Gasteiger partial charge in [0.25, 0.3) is 11.8 Å². The van der Waals surface area contributed by atoms with Crippen LogP contribution in [0.4, 0.5) is 0 Å². The number of hydrogen-bond acceptors (Lipinski definition) is 7. The van der Waals surface area contributed by atoms with Crippen molar-refractivity contribution in [1.82, 2.24) is 15.2 Å². The number of thiophene rings is 1. The number of nitrogens with zero attached hydrogens (tertiary/aromatic N) is 2. The number of rotatable bonds is 9. The van der Waals surface area contributed by atoms with E-state index in [4.69, 9.17) is 0 Å². The molecule has 0 aliphatic carbocycles. The fourth-order valence-corrected chi connectivity index (χ4v) is 5.71. The number of aliphatic hydroxyl groups excluding tert-OH is 2.